The van der Waals surface area contributed by atoms with Crippen molar-refractivity contribution >= 4 is 43.3 Å². The molecule has 2 aromatic heterocycles. The third-order valence-corrected chi connectivity index (χ3v) is 5.45. The second kappa shape index (κ2) is 5.44. The standard InChI is InChI=1S/C14H10BrFN2O3S/c15-13-5-4-12-9(8-19)7-18(14(12)17-13)22(20,21)11-3-1-2-10(16)6-11/h3-8H,1-2H2. The quantitative estimate of drug-likeness (QED) is 0.601. The highest BCUT2D eigenvalue weighted by Crippen LogP contribution is 2.28. The van der Waals surface area contributed by atoms with E-state index in [1.165, 1.54) is 12.3 Å². The van der Waals surface area contributed by atoms with Crippen LogP contribution < -0.4 is 0 Å². The van der Waals surface area contributed by atoms with Crippen LogP contribution >= 0.6 is 15.9 Å². The van der Waals surface area contributed by atoms with Crippen molar-refractivity contribution in [2.75, 3.05) is 0 Å². The summed E-state index contributed by atoms with van der Waals surface area (Å²) in [6.45, 7) is 0. The Bertz CT molecular complexity index is 944. The molecule has 0 atom stereocenters. The summed E-state index contributed by atoms with van der Waals surface area (Å²) in [6, 6.07) is 3.22. The molecule has 3 rings (SSSR count). The molecule has 0 N–H and O–H groups in total. The van der Waals surface area contributed by atoms with Gasteiger partial charge in [0.15, 0.2) is 11.9 Å². The average molecular weight is 385 g/mol. The molecular weight excluding hydrogens is 375 g/mol. The molecule has 0 spiro atoms. The Hall–Kier alpha value is -1.80. The summed E-state index contributed by atoms with van der Waals surface area (Å²) < 4.78 is 40.1. The van der Waals surface area contributed by atoms with Gasteiger partial charge in [0, 0.05) is 23.6 Å². The highest BCUT2D eigenvalue weighted by molar-refractivity contribution is 9.10. The van der Waals surface area contributed by atoms with Crippen LogP contribution in [0.4, 0.5) is 4.39 Å². The van der Waals surface area contributed by atoms with Crippen molar-refractivity contribution in [3.05, 3.63) is 51.4 Å². The normalized spacial score (nSPS) is 15.5. The molecule has 5 nitrogen and oxygen atoms in total. The lowest BCUT2D eigenvalue weighted by atomic mass is 10.2. The Kier molecular flexibility index (Phi) is 3.73. The van der Waals surface area contributed by atoms with Crippen LogP contribution in [0.3, 0.4) is 0 Å². The summed E-state index contributed by atoms with van der Waals surface area (Å²) in [5.74, 6) is -0.484. The van der Waals surface area contributed by atoms with Gasteiger partial charge in [-0.2, -0.15) is 0 Å². The van der Waals surface area contributed by atoms with Crippen LogP contribution in [0.2, 0.25) is 0 Å². The summed E-state index contributed by atoms with van der Waals surface area (Å²) in [5, 5.41) is 0.419. The number of hydrogen-bond donors (Lipinski definition) is 0. The molecule has 0 unspecified atom stereocenters. The van der Waals surface area contributed by atoms with E-state index >= 15 is 0 Å². The second-order valence-corrected chi connectivity index (χ2v) is 7.37. The third kappa shape index (κ3) is 2.42. The van der Waals surface area contributed by atoms with Gasteiger partial charge in [0.1, 0.15) is 10.4 Å². The van der Waals surface area contributed by atoms with E-state index in [1.54, 1.807) is 12.1 Å². The molecule has 0 aliphatic heterocycles. The number of pyridine rings is 1. The summed E-state index contributed by atoms with van der Waals surface area (Å²) in [6.07, 6.45) is 4.73. The molecule has 1 aliphatic rings. The van der Waals surface area contributed by atoms with Crippen LogP contribution in [-0.2, 0) is 10.0 Å². The lowest BCUT2D eigenvalue weighted by molar-refractivity contribution is 0.112. The van der Waals surface area contributed by atoms with Gasteiger partial charge in [-0.25, -0.2) is 21.8 Å². The van der Waals surface area contributed by atoms with Crippen molar-refractivity contribution in [3.8, 4) is 0 Å². The van der Waals surface area contributed by atoms with Crippen LogP contribution in [-0.4, -0.2) is 23.7 Å². The highest BCUT2D eigenvalue weighted by atomic mass is 79.9. The number of aromatic nitrogens is 2. The van der Waals surface area contributed by atoms with E-state index < -0.39 is 15.9 Å². The molecule has 0 aromatic carbocycles. The Labute approximate surface area is 134 Å². The Morgan fingerprint density at radius 3 is 2.82 bits per heavy atom. The Morgan fingerprint density at radius 1 is 1.36 bits per heavy atom. The lowest BCUT2D eigenvalue weighted by Crippen LogP contribution is -2.15. The maximum Gasteiger partial charge on any atom is 0.269 e. The van der Waals surface area contributed by atoms with Gasteiger partial charge in [0.2, 0.25) is 0 Å². The van der Waals surface area contributed by atoms with Gasteiger partial charge in [-0.1, -0.05) is 6.08 Å². The number of halogens is 2. The van der Waals surface area contributed by atoms with Crippen molar-refractivity contribution in [2.45, 2.75) is 12.8 Å². The van der Waals surface area contributed by atoms with E-state index in [9.17, 15) is 17.6 Å². The third-order valence-electron chi connectivity index (χ3n) is 3.33. The highest BCUT2D eigenvalue weighted by Gasteiger charge is 2.25. The minimum Gasteiger partial charge on any atom is -0.298 e. The predicted molar refractivity (Wildman–Crippen MR) is 83.6 cm³/mol. The van der Waals surface area contributed by atoms with E-state index in [2.05, 4.69) is 20.9 Å². The molecule has 2 aromatic rings. The fourth-order valence-electron chi connectivity index (χ4n) is 2.28. The van der Waals surface area contributed by atoms with Gasteiger partial charge in [-0.05, 0) is 40.6 Å². The number of aldehydes is 1. The number of carbonyl (C=O) groups is 1. The van der Waals surface area contributed by atoms with E-state index in [0.717, 1.165) is 10.0 Å². The molecule has 0 bridgehead atoms. The van der Waals surface area contributed by atoms with Gasteiger partial charge in [0.05, 0.1) is 4.91 Å². The van der Waals surface area contributed by atoms with Crippen molar-refractivity contribution in [3.63, 3.8) is 0 Å². The molecule has 2 heterocycles. The topological polar surface area (TPSA) is 69.0 Å². The summed E-state index contributed by atoms with van der Waals surface area (Å²) >= 11 is 3.18. The molecule has 0 saturated heterocycles. The van der Waals surface area contributed by atoms with Crippen LogP contribution in [0.15, 0.2) is 45.8 Å². The monoisotopic (exact) mass is 384 g/mol. The molecule has 0 amide bonds. The maximum atomic E-state index is 13.4. The number of fused-ring (bicyclic) bond motifs is 1. The first-order chi connectivity index (χ1) is 10.4. The number of carbonyl (C=O) groups excluding carboxylic acids is 1. The van der Waals surface area contributed by atoms with E-state index in [4.69, 9.17) is 0 Å². The molecule has 1 aliphatic carbocycles. The second-order valence-electron chi connectivity index (χ2n) is 4.74. The Balaban J connectivity index is 2.28. The number of hydrogen-bond acceptors (Lipinski definition) is 4. The maximum absolute atomic E-state index is 13.4. The first-order valence-corrected chi connectivity index (χ1v) is 8.61. The molecule has 0 radical (unpaired) electrons. The fraction of sp³-hybridized carbons (Fsp3) is 0.143. The first kappa shape index (κ1) is 15.1. The zero-order chi connectivity index (χ0) is 15.9. The molecule has 114 valence electrons. The number of rotatable bonds is 3. The van der Waals surface area contributed by atoms with Crippen LogP contribution in [0.1, 0.15) is 23.2 Å². The molecule has 0 fully saturated rings. The summed E-state index contributed by atoms with van der Waals surface area (Å²) in [4.78, 5) is 15.1. The summed E-state index contributed by atoms with van der Waals surface area (Å²) in [5.41, 5.74) is 0.330. The van der Waals surface area contributed by atoms with Crippen molar-refractivity contribution in [1.82, 2.24) is 8.96 Å². The van der Waals surface area contributed by atoms with Gasteiger partial charge < -0.3 is 0 Å². The zero-order valence-corrected chi connectivity index (χ0v) is 13.6. The van der Waals surface area contributed by atoms with Crippen molar-refractivity contribution in [1.29, 1.82) is 0 Å². The molecule has 8 heteroatoms. The fourth-order valence-corrected chi connectivity index (χ4v) is 4.04. The SMILES string of the molecule is O=Cc1cn(S(=O)(=O)C2=CCCC(F)=C2)c2nc(Br)ccc12. The smallest absolute Gasteiger partial charge is 0.269 e. The minimum atomic E-state index is -4.01. The van der Waals surface area contributed by atoms with E-state index in [1.807, 2.05) is 0 Å². The molecule has 0 saturated carbocycles. The van der Waals surface area contributed by atoms with E-state index in [0.29, 0.717) is 22.7 Å². The predicted octanol–water partition coefficient (Wildman–Crippen LogP) is 3.32. The zero-order valence-electron chi connectivity index (χ0n) is 11.2. The van der Waals surface area contributed by atoms with Crippen molar-refractivity contribution < 1.29 is 17.6 Å². The average Bonchev–Trinajstić information content (AvgIpc) is 2.85. The molecular formula is C14H10BrFN2O3S. The Morgan fingerprint density at radius 2 is 2.14 bits per heavy atom. The number of allylic oxidation sites excluding steroid dienone is 3. The van der Waals surface area contributed by atoms with E-state index in [-0.39, 0.29) is 22.5 Å². The first-order valence-electron chi connectivity index (χ1n) is 6.38. The molecule has 22 heavy (non-hydrogen) atoms. The van der Waals surface area contributed by atoms with Crippen LogP contribution in [0.25, 0.3) is 11.0 Å². The van der Waals surface area contributed by atoms with Crippen molar-refractivity contribution in [2.24, 2.45) is 0 Å². The summed E-state index contributed by atoms with van der Waals surface area (Å²) in [7, 11) is -4.01. The van der Waals surface area contributed by atoms with Crippen LogP contribution in [0, 0.1) is 0 Å². The largest absolute Gasteiger partial charge is 0.298 e. The van der Waals surface area contributed by atoms with Crippen LogP contribution in [0.5, 0.6) is 0 Å². The van der Waals surface area contributed by atoms with Gasteiger partial charge in [0.25, 0.3) is 10.0 Å². The minimum absolute atomic E-state index is 0.122. The van der Waals surface area contributed by atoms with Gasteiger partial charge in [-0.15, -0.1) is 0 Å². The van der Waals surface area contributed by atoms with Gasteiger partial charge in [-0.3, -0.25) is 4.79 Å². The van der Waals surface area contributed by atoms with Gasteiger partial charge >= 0.3 is 0 Å². The lowest BCUT2D eigenvalue weighted by Gasteiger charge is -2.11. The number of nitrogens with zero attached hydrogens (tertiary/aromatic N) is 2.